The molecule has 22 heavy (non-hydrogen) atoms. The van der Waals surface area contributed by atoms with E-state index >= 15 is 0 Å². The first kappa shape index (κ1) is 13.0. The molecule has 0 bridgehead atoms. The van der Waals surface area contributed by atoms with Gasteiger partial charge in [0.15, 0.2) is 0 Å². The molecule has 3 heteroatoms. The number of aromatic nitrogens is 2. The highest BCUT2D eigenvalue weighted by Crippen LogP contribution is 2.30. The van der Waals surface area contributed by atoms with Gasteiger partial charge >= 0.3 is 0 Å². The lowest BCUT2D eigenvalue weighted by molar-refractivity contribution is 0.893. The summed E-state index contributed by atoms with van der Waals surface area (Å²) in [5, 5.41) is 6.91. The van der Waals surface area contributed by atoms with Crippen LogP contribution in [0.1, 0.15) is 0 Å². The van der Waals surface area contributed by atoms with Crippen LogP contribution in [0.4, 0.5) is 0 Å². The Morgan fingerprint density at radius 2 is 1.50 bits per heavy atom. The van der Waals surface area contributed by atoms with Gasteiger partial charge in [-0.3, -0.25) is 0 Å². The lowest BCUT2D eigenvalue weighted by atomic mass is 10.1. The zero-order chi connectivity index (χ0) is 14.8. The van der Waals surface area contributed by atoms with E-state index in [4.69, 9.17) is 5.10 Å². The van der Waals surface area contributed by atoms with Gasteiger partial charge in [0.1, 0.15) is 5.69 Å². The second kappa shape index (κ2) is 5.62. The first-order chi connectivity index (χ1) is 10.9. The summed E-state index contributed by atoms with van der Waals surface area (Å²) in [5.74, 6) is 0. The molecule has 0 saturated carbocycles. The maximum Gasteiger partial charge on any atom is 0.103 e. The van der Waals surface area contributed by atoms with Crippen molar-refractivity contribution in [3.8, 4) is 27.5 Å². The maximum atomic E-state index is 4.83. The van der Waals surface area contributed by atoms with Crippen LogP contribution in [0.25, 0.3) is 27.5 Å². The first-order valence-corrected chi connectivity index (χ1v) is 8.04. The SMILES string of the molecule is c1ccc(-c2cc(-c3cccs3)nn2-c2ccccc2)cc1. The maximum absolute atomic E-state index is 4.83. The van der Waals surface area contributed by atoms with E-state index in [1.807, 2.05) is 28.9 Å². The van der Waals surface area contributed by atoms with E-state index in [1.165, 1.54) is 10.4 Å². The molecule has 2 nitrogen and oxygen atoms in total. The Bertz CT molecular complexity index is 805. The number of para-hydroxylation sites is 1. The van der Waals surface area contributed by atoms with E-state index in [9.17, 15) is 0 Å². The van der Waals surface area contributed by atoms with Crippen molar-refractivity contribution in [1.29, 1.82) is 0 Å². The summed E-state index contributed by atoms with van der Waals surface area (Å²) < 4.78 is 2.02. The van der Waals surface area contributed by atoms with Crippen molar-refractivity contribution >= 4 is 11.3 Å². The minimum atomic E-state index is 1.01. The van der Waals surface area contributed by atoms with Crippen LogP contribution < -0.4 is 0 Å². The zero-order valence-electron chi connectivity index (χ0n) is 11.9. The van der Waals surface area contributed by atoms with Crippen molar-refractivity contribution in [2.24, 2.45) is 0 Å². The summed E-state index contributed by atoms with van der Waals surface area (Å²) in [6.07, 6.45) is 0. The highest BCUT2D eigenvalue weighted by molar-refractivity contribution is 7.13. The normalized spacial score (nSPS) is 10.7. The van der Waals surface area contributed by atoms with E-state index in [0.717, 1.165) is 17.1 Å². The summed E-state index contributed by atoms with van der Waals surface area (Å²) in [6, 6.07) is 27.0. The first-order valence-electron chi connectivity index (χ1n) is 7.16. The Kier molecular flexibility index (Phi) is 3.33. The van der Waals surface area contributed by atoms with Crippen molar-refractivity contribution in [3.63, 3.8) is 0 Å². The van der Waals surface area contributed by atoms with Gasteiger partial charge in [0.2, 0.25) is 0 Å². The molecule has 0 spiro atoms. The van der Waals surface area contributed by atoms with Gasteiger partial charge in [-0.05, 0) is 29.6 Å². The summed E-state index contributed by atoms with van der Waals surface area (Å²) in [7, 11) is 0. The van der Waals surface area contributed by atoms with Gasteiger partial charge < -0.3 is 0 Å². The molecule has 0 amide bonds. The molecule has 0 aliphatic rings. The number of nitrogens with zero attached hydrogens (tertiary/aromatic N) is 2. The average molecular weight is 302 g/mol. The molecule has 4 rings (SSSR count). The zero-order valence-corrected chi connectivity index (χ0v) is 12.7. The Morgan fingerprint density at radius 1 is 0.773 bits per heavy atom. The quantitative estimate of drug-likeness (QED) is 0.504. The highest BCUT2D eigenvalue weighted by Gasteiger charge is 2.13. The van der Waals surface area contributed by atoms with Crippen molar-refractivity contribution in [2.75, 3.05) is 0 Å². The molecule has 4 aromatic rings. The van der Waals surface area contributed by atoms with Gasteiger partial charge in [0, 0.05) is 5.56 Å². The second-order valence-electron chi connectivity index (χ2n) is 5.01. The van der Waals surface area contributed by atoms with Crippen LogP contribution in [-0.4, -0.2) is 9.78 Å². The monoisotopic (exact) mass is 302 g/mol. The average Bonchev–Trinajstić information content (AvgIpc) is 3.26. The number of hydrogen-bond donors (Lipinski definition) is 0. The molecule has 0 unspecified atom stereocenters. The molecule has 0 saturated heterocycles. The third-order valence-corrected chi connectivity index (χ3v) is 4.45. The molecule has 0 radical (unpaired) electrons. The predicted molar refractivity (Wildman–Crippen MR) is 92.3 cm³/mol. The van der Waals surface area contributed by atoms with Crippen molar-refractivity contribution < 1.29 is 0 Å². The summed E-state index contributed by atoms with van der Waals surface area (Å²) in [5.41, 5.74) is 4.36. The molecule has 106 valence electrons. The van der Waals surface area contributed by atoms with Gasteiger partial charge in [0.05, 0.1) is 16.3 Å². The number of hydrogen-bond acceptors (Lipinski definition) is 2. The Hall–Kier alpha value is -2.65. The Balaban J connectivity index is 1.92. The van der Waals surface area contributed by atoms with E-state index in [-0.39, 0.29) is 0 Å². The van der Waals surface area contributed by atoms with E-state index in [0.29, 0.717) is 0 Å². The molecule has 2 aromatic carbocycles. The van der Waals surface area contributed by atoms with E-state index < -0.39 is 0 Å². The van der Waals surface area contributed by atoms with Gasteiger partial charge in [0.25, 0.3) is 0 Å². The Labute approximate surface area is 133 Å². The Morgan fingerprint density at radius 3 is 2.18 bits per heavy atom. The minimum Gasteiger partial charge on any atom is -0.232 e. The lowest BCUT2D eigenvalue weighted by Gasteiger charge is -2.07. The van der Waals surface area contributed by atoms with Gasteiger partial charge in [-0.25, -0.2) is 4.68 Å². The van der Waals surface area contributed by atoms with Crippen LogP contribution >= 0.6 is 11.3 Å². The van der Waals surface area contributed by atoms with Crippen LogP contribution in [0.5, 0.6) is 0 Å². The molecule has 0 aliphatic heterocycles. The third kappa shape index (κ3) is 2.36. The van der Waals surface area contributed by atoms with Crippen molar-refractivity contribution in [1.82, 2.24) is 9.78 Å². The molecule has 0 fully saturated rings. The highest BCUT2D eigenvalue weighted by atomic mass is 32.1. The third-order valence-electron chi connectivity index (χ3n) is 3.55. The molecule has 2 aromatic heterocycles. The van der Waals surface area contributed by atoms with Crippen LogP contribution in [-0.2, 0) is 0 Å². The van der Waals surface area contributed by atoms with Crippen LogP contribution in [0, 0.1) is 0 Å². The number of benzene rings is 2. The fourth-order valence-corrected chi connectivity index (χ4v) is 3.19. The molecular weight excluding hydrogens is 288 g/mol. The molecule has 0 aliphatic carbocycles. The number of rotatable bonds is 3. The standard InChI is InChI=1S/C19H14N2S/c1-3-8-15(9-4-1)18-14-17(19-12-7-13-22-19)20-21(18)16-10-5-2-6-11-16/h1-14H. The van der Waals surface area contributed by atoms with E-state index in [1.54, 1.807) is 11.3 Å². The van der Waals surface area contributed by atoms with Gasteiger partial charge in [-0.15, -0.1) is 11.3 Å². The van der Waals surface area contributed by atoms with Crippen molar-refractivity contribution in [2.45, 2.75) is 0 Å². The minimum absolute atomic E-state index is 1.01. The van der Waals surface area contributed by atoms with Crippen molar-refractivity contribution in [3.05, 3.63) is 84.2 Å². The largest absolute Gasteiger partial charge is 0.232 e. The fraction of sp³-hybridized carbons (Fsp3) is 0. The molecule has 0 N–H and O–H groups in total. The molecule has 2 heterocycles. The topological polar surface area (TPSA) is 17.8 Å². The summed E-state index contributed by atoms with van der Waals surface area (Å²) >= 11 is 1.71. The van der Waals surface area contributed by atoms with Gasteiger partial charge in [-0.2, -0.15) is 5.10 Å². The fourth-order valence-electron chi connectivity index (χ4n) is 2.51. The number of thiophene rings is 1. The van der Waals surface area contributed by atoms with Crippen LogP contribution in [0.2, 0.25) is 0 Å². The smallest absolute Gasteiger partial charge is 0.103 e. The van der Waals surface area contributed by atoms with Crippen LogP contribution in [0.15, 0.2) is 84.2 Å². The lowest BCUT2D eigenvalue weighted by Crippen LogP contribution is -1.98. The second-order valence-corrected chi connectivity index (χ2v) is 5.95. The van der Waals surface area contributed by atoms with Crippen LogP contribution in [0.3, 0.4) is 0 Å². The summed E-state index contributed by atoms with van der Waals surface area (Å²) in [4.78, 5) is 1.19. The predicted octanol–water partition coefficient (Wildman–Crippen LogP) is 5.27. The van der Waals surface area contributed by atoms with E-state index in [2.05, 4.69) is 60.0 Å². The molecular formula is C19H14N2S. The van der Waals surface area contributed by atoms with Gasteiger partial charge in [-0.1, -0.05) is 54.6 Å². The summed E-state index contributed by atoms with van der Waals surface area (Å²) in [6.45, 7) is 0. The molecule has 0 atom stereocenters.